The van der Waals surface area contributed by atoms with Gasteiger partial charge >= 0.3 is 0 Å². The van der Waals surface area contributed by atoms with Gasteiger partial charge in [-0.15, -0.1) is 0 Å². The van der Waals surface area contributed by atoms with Crippen LogP contribution in [0.5, 0.6) is 0 Å². The minimum atomic E-state index is -0.771. The van der Waals surface area contributed by atoms with Gasteiger partial charge in [0, 0.05) is 18.1 Å². The normalized spacial score (nSPS) is 13.2. The highest BCUT2D eigenvalue weighted by molar-refractivity contribution is 7.80. The molecule has 0 aliphatic heterocycles. The minimum Gasteiger partial charge on any atom is -0.348 e. The highest BCUT2D eigenvalue weighted by atomic mass is 32.1. The number of hydrogen-bond donors (Lipinski definition) is 3. The summed E-state index contributed by atoms with van der Waals surface area (Å²) < 4.78 is 0. The fraction of sp³-hybridized carbons (Fsp3) is 0.636. The third kappa shape index (κ3) is 7.05. The van der Waals surface area contributed by atoms with Gasteiger partial charge in [0.1, 0.15) is 18.6 Å². The lowest BCUT2D eigenvalue weighted by molar-refractivity contribution is -0.129. The largest absolute Gasteiger partial charge is 0.348 e. The zero-order valence-electron chi connectivity index (χ0n) is 10.2. The fourth-order valence-electron chi connectivity index (χ4n) is 1.15. The van der Waals surface area contributed by atoms with Crippen LogP contribution in [-0.4, -0.2) is 42.7 Å². The molecule has 0 radical (unpaired) electrons. The van der Waals surface area contributed by atoms with Gasteiger partial charge in [-0.05, 0) is 6.42 Å². The molecule has 0 saturated heterocycles. The lowest BCUT2D eigenvalue weighted by Gasteiger charge is -2.15. The predicted octanol–water partition coefficient (Wildman–Crippen LogP) is -0.669. The highest BCUT2D eigenvalue weighted by Gasteiger charge is 2.18. The number of carbonyl (C=O) groups is 4. The van der Waals surface area contributed by atoms with Crippen molar-refractivity contribution in [2.75, 3.05) is 12.3 Å². The van der Waals surface area contributed by atoms with Crippen LogP contribution in [-0.2, 0) is 19.2 Å². The molecule has 0 bridgehead atoms. The van der Waals surface area contributed by atoms with Crippen molar-refractivity contribution in [3.63, 3.8) is 0 Å². The maximum absolute atomic E-state index is 11.5. The Bertz CT molecular complexity index is 309. The molecule has 0 spiro atoms. The average molecular weight is 274 g/mol. The molecule has 0 aliphatic carbocycles. The van der Waals surface area contributed by atoms with Crippen LogP contribution in [0.4, 0.5) is 0 Å². The maximum Gasteiger partial charge on any atom is 0.243 e. The molecule has 18 heavy (non-hydrogen) atoms. The lowest BCUT2D eigenvalue weighted by atomic mass is 10.1. The summed E-state index contributed by atoms with van der Waals surface area (Å²) in [6.07, 6.45) is 1.94. The zero-order chi connectivity index (χ0) is 14.0. The molecule has 6 nitrogen and oxygen atoms in total. The molecule has 0 saturated carbocycles. The predicted molar refractivity (Wildman–Crippen MR) is 69.3 cm³/mol. The molecule has 102 valence electrons. The van der Waals surface area contributed by atoms with Crippen LogP contribution in [0.1, 0.15) is 19.8 Å². The molecule has 2 amide bonds. The van der Waals surface area contributed by atoms with Gasteiger partial charge in [0.05, 0.1) is 6.54 Å². The molecule has 0 fully saturated rings. The molecule has 2 N–H and O–H groups in total. The highest BCUT2D eigenvalue weighted by Crippen LogP contribution is 2.02. The van der Waals surface area contributed by atoms with Crippen molar-refractivity contribution < 1.29 is 19.2 Å². The summed E-state index contributed by atoms with van der Waals surface area (Å²) in [7, 11) is 0. The van der Waals surface area contributed by atoms with E-state index in [0.29, 0.717) is 12.7 Å². The third-order valence-electron chi connectivity index (χ3n) is 2.25. The van der Waals surface area contributed by atoms with Crippen LogP contribution in [0.3, 0.4) is 0 Å². The summed E-state index contributed by atoms with van der Waals surface area (Å²) in [6.45, 7) is 1.62. The first-order valence-electron chi connectivity index (χ1n) is 5.62. The summed E-state index contributed by atoms with van der Waals surface area (Å²) in [4.78, 5) is 43.5. The quantitative estimate of drug-likeness (QED) is 0.384. The molecular weight excluding hydrogens is 256 g/mol. The molecule has 0 aromatic rings. The summed E-state index contributed by atoms with van der Waals surface area (Å²) >= 11 is 3.96. The number of amides is 2. The summed E-state index contributed by atoms with van der Waals surface area (Å²) in [5.74, 6) is -0.813. The number of nitrogens with one attached hydrogen (secondary N) is 2. The molecule has 0 aliphatic rings. The van der Waals surface area contributed by atoms with Crippen LogP contribution in [0, 0.1) is 5.92 Å². The van der Waals surface area contributed by atoms with Gasteiger partial charge in [0.15, 0.2) is 0 Å². The first-order valence-corrected chi connectivity index (χ1v) is 6.25. The standard InChI is InChI=1S/C11H18N2O4S/c1-8(6-15)2-3-10(16)13-9(7-18)11(17)12-4-5-14/h5-6,8-9,18H,2-4,7H2,1H3,(H,12,17)(H,13,16). The topological polar surface area (TPSA) is 92.3 Å². The average Bonchev–Trinajstić information content (AvgIpc) is 2.39. The van der Waals surface area contributed by atoms with Gasteiger partial charge in [-0.3, -0.25) is 9.59 Å². The Balaban J connectivity index is 4.10. The second kappa shape index (κ2) is 9.64. The van der Waals surface area contributed by atoms with Gasteiger partial charge in [-0.25, -0.2) is 0 Å². The summed E-state index contributed by atoms with van der Waals surface area (Å²) in [5, 5.41) is 4.83. The van der Waals surface area contributed by atoms with E-state index in [0.717, 1.165) is 6.29 Å². The Morgan fingerprint density at radius 1 is 1.33 bits per heavy atom. The van der Waals surface area contributed by atoms with E-state index < -0.39 is 11.9 Å². The van der Waals surface area contributed by atoms with Crippen molar-refractivity contribution in [1.29, 1.82) is 0 Å². The summed E-state index contributed by atoms with van der Waals surface area (Å²) in [6, 6.07) is -0.771. The SMILES string of the molecule is CC(C=O)CCC(=O)NC(CS)C(=O)NCC=O. The number of thiol groups is 1. The number of carbonyl (C=O) groups excluding carboxylic acids is 4. The van der Waals surface area contributed by atoms with Crippen molar-refractivity contribution in [2.45, 2.75) is 25.8 Å². The van der Waals surface area contributed by atoms with E-state index in [4.69, 9.17) is 0 Å². The van der Waals surface area contributed by atoms with Gasteiger partial charge < -0.3 is 20.2 Å². The smallest absolute Gasteiger partial charge is 0.243 e. The van der Waals surface area contributed by atoms with E-state index in [2.05, 4.69) is 23.3 Å². The Hall–Kier alpha value is -1.37. The monoisotopic (exact) mass is 274 g/mol. The van der Waals surface area contributed by atoms with Crippen LogP contribution in [0.25, 0.3) is 0 Å². The summed E-state index contributed by atoms with van der Waals surface area (Å²) in [5.41, 5.74) is 0. The minimum absolute atomic E-state index is 0.0961. The van der Waals surface area contributed by atoms with Crippen molar-refractivity contribution in [2.24, 2.45) is 5.92 Å². The Morgan fingerprint density at radius 2 is 2.00 bits per heavy atom. The zero-order valence-corrected chi connectivity index (χ0v) is 11.1. The Labute approximate surface area is 111 Å². The van der Waals surface area contributed by atoms with E-state index in [1.807, 2.05) is 0 Å². The first kappa shape index (κ1) is 16.6. The van der Waals surface area contributed by atoms with Crippen LogP contribution in [0.15, 0.2) is 0 Å². The molecular formula is C11H18N2O4S. The van der Waals surface area contributed by atoms with E-state index >= 15 is 0 Å². The number of aldehydes is 2. The molecule has 7 heteroatoms. The second-order valence-electron chi connectivity index (χ2n) is 3.87. The molecule has 2 atom stereocenters. The lowest BCUT2D eigenvalue weighted by Crippen LogP contribution is -2.48. The van der Waals surface area contributed by atoms with Crippen LogP contribution >= 0.6 is 12.6 Å². The molecule has 0 aromatic carbocycles. The number of hydrogen-bond acceptors (Lipinski definition) is 5. The molecule has 0 rings (SSSR count). The van der Waals surface area contributed by atoms with Gasteiger partial charge in [-0.1, -0.05) is 6.92 Å². The first-order chi connectivity index (χ1) is 8.54. The van der Waals surface area contributed by atoms with Gasteiger partial charge in [0.25, 0.3) is 0 Å². The van der Waals surface area contributed by atoms with E-state index in [1.165, 1.54) is 0 Å². The van der Waals surface area contributed by atoms with Crippen LogP contribution < -0.4 is 10.6 Å². The third-order valence-corrected chi connectivity index (χ3v) is 2.62. The van der Waals surface area contributed by atoms with Crippen LogP contribution in [0.2, 0.25) is 0 Å². The van der Waals surface area contributed by atoms with Gasteiger partial charge in [-0.2, -0.15) is 12.6 Å². The van der Waals surface area contributed by atoms with Crippen molar-refractivity contribution in [3.05, 3.63) is 0 Å². The maximum atomic E-state index is 11.5. The van der Waals surface area contributed by atoms with Gasteiger partial charge in [0.2, 0.25) is 11.8 Å². The van der Waals surface area contributed by atoms with Crippen molar-refractivity contribution in [1.82, 2.24) is 10.6 Å². The van der Waals surface area contributed by atoms with Crippen molar-refractivity contribution >= 4 is 37.0 Å². The number of rotatable bonds is 9. The Kier molecular flexibility index (Phi) is 8.91. The Morgan fingerprint density at radius 3 is 2.50 bits per heavy atom. The second-order valence-corrected chi connectivity index (χ2v) is 4.23. The molecule has 0 heterocycles. The van der Waals surface area contributed by atoms with Crippen molar-refractivity contribution in [3.8, 4) is 0 Å². The fourth-order valence-corrected chi connectivity index (χ4v) is 1.41. The molecule has 2 unspecified atom stereocenters. The molecule has 0 aromatic heterocycles. The van der Waals surface area contributed by atoms with E-state index in [-0.39, 0.29) is 30.5 Å². The van der Waals surface area contributed by atoms with E-state index in [9.17, 15) is 19.2 Å². The van der Waals surface area contributed by atoms with E-state index in [1.54, 1.807) is 6.92 Å².